The van der Waals surface area contributed by atoms with Crippen molar-refractivity contribution in [2.24, 2.45) is 0 Å². The Balaban J connectivity index is 5.81. The number of hydrogen-bond donors (Lipinski definition) is 0. The van der Waals surface area contributed by atoms with Gasteiger partial charge in [0.15, 0.2) is 0 Å². The van der Waals surface area contributed by atoms with Crippen molar-refractivity contribution in [2.75, 3.05) is 6.66 Å². The standard InChI is InChI=1S/C15H41PSi4/c1-16(14(17(2,3)4)18(5,6)7)15(19(8,9)10)20(11,12)13/h14-15H,1-13H3. The maximum Gasteiger partial charge on any atom is 0.0491 e. The van der Waals surface area contributed by atoms with Gasteiger partial charge in [-0.15, -0.1) is 7.92 Å². The molecule has 0 aromatic rings. The molecule has 122 valence electrons. The van der Waals surface area contributed by atoms with Gasteiger partial charge >= 0.3 is 0 Å². The van der Waals surface area contributed by atoms with Gasteiger partial charge in [-0.25, -0.2) is 0 Å². The Hall–Kier alpha value is 1.30. The van der Waals surface area contributed by atoms with E-state index in [0.717, 1.165) is 9.81 Å². The van der Waals surface area contributed by atoms with Gasteiger partial charge in [0, 0.05) is 32.3 Å². The molecule has 0 aromatic carbocycles. The number of hydrogen-bond acceptors (Lipinski definition) is 0. The molecule has 0 fully saturated rings. The Labute approximate surface area is 135 Å². The van der Waals surface area contributed by atoms with Crippen LogP contribution < -0.4 is 0 Å². The third-order valence-electron chi connectivity index (χ3n) is 4.10. The van der Waals surface area contributed by atoms with Gasteiger partial charge in [-0.3, -0.25) is 0 Å². The van der Waals surface area contributed by atoms with E-state index in [1.54, 1.807) is 0 Å². The highest BCUT2D eigenvalue weighted by Gasteiger charge is 2.49. The average Bonchev–Trinajstić information content (AvgIpc) is 1.88. The molecule has 0 atom stereocenters. The molecule has 0 amide bonds. The van der Waals surface area contributed by atoms with Crippen LogP contribution in [0.25, 0.3) is 0 Å². The first-order valence-corrected chi connectivity index (χ1v) is 24.4. The molecule has 0 aliphatic heterocycles. The summed E-state index contributed by atoms with van der Waals surface area (Å²) in [5.74, 6) is 0. The molecule has 20 heavy (non-hydrogen) atoms. The molecular formula is C15H41PSi4. The summed E-state index contributed by atoms with van der Waals surface area (Å²) < 4.78 is 0. The fraction of sp³-hybridized carbons (Fsp3) is 1.00. The number of rotatable bonds is 6. The second-order valence-electron chi connectivity index (χ2n) is 10.9. The molecule has 0 radical (unpaired) electrons. The van der Waals surface area contributed by atoms with Crippen molar-refractivity contribution < 1.29 is 0 Å². The monoisotopic (exact) mass is 364 g/mol. The van der Waals surface area contributed by atoms with Gasteiger partial charge in [-0.1, -0.05) is 78.6 Å². The van der Waals surface area contributed by atoms with Gasteiger partial charge in [-0.05, 0) is 16.5 Å². The Kier molecular flexibility index (Phi) is 6.84. The lowest BCUT2D eigenvalue weighted by Gasteiger charge is -2.52. The fourth-order valence-corrected chi connectivity index (χ4v) is 49.4. The summed E-state index contributed by atoms with van der Waals surface area (Å²) in [6.45, 7) is 34.4. The first kappa shape index (κ1) is 21.3. The molecule has 0 unspecified atom stereocenters. The van der Waals surface area contributed by atoms with E-state index >= 15 is 0 Å². The lowest BCUT2D eigenvalue weighted by molar-refractivity contribution is 1.38. The summed E-state index contributed by atoms with van der Waals surface area (Å²) in [7, 11) is -4.09. The molecule has 0 heterocycles. The molecule has 0 aliphatic rings. The molecule has 0 aromatic heterocycles. The van der Waals surface area contributed by atoms with Crippen molar-refractivity contribution in [3.63, 3.8) is 0 Å². The summed E-state index contributed by atoms with van der Waals surface area (Å²) in [5, 5.41) is 0. The Morgan fingerprint density at radius 3 is 0.700 bits per heavy atom. The summed E-state index contributed by atoms with van der Waals surface area (Å²) >= 11 is 0. The molecule has 0 saturated carbocycles. The zero-order chi connectivity index (χ0) is 16.7. The molecule has 0 spiro atoms. The van der Waals surface area contributed by atoms with Gasteiger partial charge in [-0.2, -0.15) is 0 Å². The van der Waals surface area contributed by atoms with E-state index in [0.29, 0.717) is 0 Å². The quantitative estimate of drug-likeness (QED) is 0.381. The summed E-state index contributed by atoms with van der Waals surface area (Å²) in [4.78, 5) is 2.24. The minimum Gasteiger partial charge on any atom is -0.115 e. The summed E-state index contributed by atoms with van der Waals surface area (Å²) in [6, 6.07) is 0. The normalized spacial score (nSPS) is 15.6. The maximum atomic E-state index is 2.71. The van der Waals surface area contributed by atoms with Crippen LogP contribution in [0.1, 0.15) is 0 Å². The van der Waals surface area contributed by atoms with Crippen LogP contribution in [0.2, 0.25) is 78.6 Å². The minimum absolute atomic E-state index is 0.187. The lowest BCUT2D eigenvalue weighted by atomic mass is 11.7. The largest absolute Gasteiger partial charge is 0.115 e. The fourth-order valence-electron chi connectivity index (χ4n) is 5.19. The first-order chi connectivity index (χ1) is 8.40. The predicted molar refractivity (Wildman–Crippen MR) is 114 cm³/mol. The van der Waals surface area contributed by atoms with E-state index in [1.165, 1.54) is 0 Å². The van der Waals surface area contributed by atoms with Crippen LogP contribution in [0.3, 0.4) is 0 Å². The average molecular weight is 365 g/mol. The topological polar surface area (TPSA) is 0 Å². The summed E-state index contributed by atoms with van der Waals surface area (Å²) in [6.07, 6.45) is 0. The molecule has 0 rings (SSSR count). The van der Waals surface area contributed by atoms with Crippen LogP contribution >= 0.6 is 7.92 Å². The maximum absolute atomic E-state index is 2.71. The van der Waals surface area contributed by atoms with Crippen molar-refractivity contribution in [1.82, 2.24) is 0 Å². The zero-order valence-corrected chi connectivity index (χ0v) is 21.5. The van der Waals surface area contributed by atoms with E-state index in [2.05, 4.69) is 85.2 Å². The van der Waals surface area contributed by atoms with Crippen molar-refractivity contribution in [1.29, 1.82) is 0 Å². The first-order valence-electron chi connectivity index (χ1n) is 8.12. The van der Waals surface area contributed by atoms with E-state index < -0.39 is 32.3 Å². The van der Waals surface area contributed by atoms with Gasteiger partial charge in [0.1, 0.15) is 0 Å². The Morgan fingerprint density at radius 1 is 0.450 bits per heavy atom. The highest BCUT2D eigenvalue weighted by atomic mass is 31.1. The van der Waals surface area contributed by atoms with Gasteiger partial charge in [0.2, 0.25) is 0 Å². The SMILES string of the molecule is CP(C([Si](C)(C)C)[Si](C)(C)C)C([Si](C)(C)C)[Si](C)(C)C. The van der Waals surface area contributed by atoms with Crippen molar-refractivity contribution in [3.05, 3.63) is 0 Å². The molecule has 0 nitrogen and oxygen atoms in total. The Morgan fingerprint density at radius 2 is 0.600 bits per heavy atom. The van der Waals surface area contributed by atoms with Crippen LogP contribution in [0.5, 0.6) is 0 Å². The zero-order valence-electron chi connectivity index (χ0n) is 16.6. The Bertz CT molecular complexity index is 255. The van der Waals surface area contributed by atoms with E-state index in [-0.39, 0.29) is 7.92 Å². The van der Waals surface area contributed by atoms with Crippen LogP contribution in [0, 0.1) is 0 Å². The van der Waals surface area contributed by atoms with E-state index in [1.807, 2.05) is 0 Å². The smallest absolute Gasteiger partial charge is 0.0491 e. The highest BCUT2D eigenvalue weighted by Crippen LogP contribution is 2.55. The molecular weight excluding hydrogens is 323 g/mol. The highest BCUT2D eigenvalue weighted by molar-refractivity contribution is 7.70. The van der Waals surface area contributed by atoms with Crippen LogP contribution in [0.15, 0.2) is 0 Å². The van der Waals surface area contributed by atoms with Crippen LogP contribution in [-0.4, -0.2) is 48.8 Å². The van der Waals surface area contributed by atoms with Crippen LogP contribution in [0.4, 0.5) is 0 Å². The van der Waals surface area contributed by atoms with Gasteiger partial charge < -0.3 is 0 Å². The van der Waals surface area contributed by atoms with Gasteiger partial charge in [0.05, 0.1) is 0 Å². The third-order valence-corrected chi connectivity index (χ3v) is 36.9. The predicted octanol–water partition coefficient (Wildman–Crippen LogP) is 6.34. The van der Waals surface area contributed by atoms with E-state index in [4.69, 9.17) is 0 Å². The van der Waals surface area contributed by atoms with Gasteiger partial charge in [0.25, 0.3) is 0 Å². The lowest BCUT2D eigenvalue weighted by Crippen LogP contribution is -2.60. The van der Waals surface area contributed by atoms with Crippen LogP contribution in [-0.2, 0) is 0 Å². The summed E-state index contributed by atoms with van der Waals surface area (Å²) in [5.41, 5.74) is 0. The molecule has 0 aliphatic carbocycles. The molecule has 0 bridgehead atoms. The second-order valence-corrected chi connectivity index (χ2v) is 37.6. The van der Waals surface area contributed by atoms with E-state index in [9.17, 15) is 0 Å². The van der Waals surface area contributed by atoms with Crippen molar-refractivity contribution in [3.8, 4) is 0 Å². The second kappa shape index (κ2) is 6.43. The minimum atomic E-state index is -1.07. The van der Waals surface area contributed by atoms with Crippen molar-refractivity contribution >= 4 is 40.2 Å². The van der Waals surface area contributed by atoms with Crippen molar-refractivity contribution in [2.45, 2.75) is 88.4 Å². The molecule has 5 heteroatoms. The third kappa shape index (κ3) is 5.83. The molecule has 0 saturated heterocycles. The molecule has 0 N–H and O–H groups in total.